The van der Waals surface area contributed by atoms with E-state index in [1.165, 1.54) is 19.3 Å². The van der Waals surface area contributed by atoms with Crippen molar-refractivity contribution in [3.63, 3.8) is 0 Å². The fourth-order valence-electron chi connectivity index (χ4n) is 3.43. The van der Waals surface area contributed by atoms with Crippen molar-refractivity contribution in [3.05, 3.63) is 12.4 Å². The number of amides is 1. The molecule has 0 N–H and O–H groups in total. The predicted molar refractivity (Wildman–Crippen MR) is 91.8 cm³/mol. The number of hydrogen-bond donors (Lipinski definition) is 0. The normalized spacial score (nSPS) is 19.9. The van der Waals surface area contributed by atoms with Crippen LogP contribution >= 0.6 is 0 Å². The van der Waals surface area contributed by atoms with Crippen LogP contribution in [-0.2, 0) is 4.79 Å². The number of anilines is 2. The predicted octanol–water partition coefficient (Wildman–Crippen LogP) is 1.92. The second-order valence-electron chi connectivity index (χ2n) is 6.44. The zero-order valence-corrected chi connectivity index (χ0v) is 14.1. The van der Waals surface area contributed by atoms with E-state index in [0.717, 1.165) is 57.2 Å². The average Bonchev–Trinajstić information content (AvgIpc) is 2.78. The van der Waals surface area contributed by atoms with Crippen molar-refractivity contribution in [2.75, 3.05) is 49.1 Å². The van der Waals surface area contributed by atoms with Crippen LogP contribution in [0.15, 0.2) is 12.4 Å². The fraction of sp³-hybridized carbons (Fsp3) is 0.706. The number of hydrogen-bond acceptors (Lipinski definition) is 5. The SMILES string of the molecule is CCCN1CCCN(c2cc(N3CCCCC3)ncn2)CC1=O. The molecule has 0 atom stereocenters. The molecule has 2 aliphatic rings. The molecule has 0 bridgehead atoms. The number of rotatable bonds is 4. The van der Waals surface area contributed by atoms with Crippen LogP contribution in [-0.4, -0.2) is 60.0 Å². The van der Waals surface area contributed by atoms with Gasteiger partial charge in [0.2, 0.25) is 5.91 Å². The summed E-state index contributed by atoms with van der Waals surface area (Å²) in [4.78, 5) is 27.7. The van der Waals surface area contributed by atoms with Crippen molar-refractivity contribution in [1.82, 2.24) is 14.9 Å². The molecule has 0 aliphatic carbocycles. The van der Waals surface area contributed by atoms with Crippen molar-refractivity contribution in [2.45, 2.75) is 39.0 Å². The molecule has 23 heavy (non-hydrogen) atoms. The molecule has 2 fully saturated rings. The second-order valence-corrected chi connectivity index (χ2v) is 6.44. The molecule has 1 amide bonds. The molecular weight excluding hydrogens is 290 g/mol. The van der Waals surface area contributed by atoms with E-state index < -0.39 is 0 Å². The molecule has 6 nitrogen and oxygen atoms in total. The molecule has 2 saturated heterocycles. The highest BCUT2D eigenvalue weighted by Crippen LogP contribution is 2.22. The Hall–Kier alpha value is -1.85. The summed E-state index contributed by atoms with van der Waals surface area (Å²) >= 11 is 0. The highest BCUT2D eigenvalue weighted by Gasteiger charge is 2.23. The smallest absolute Gasteiger partial charge is 0.242 e. The first-order valence-electron chi connectivity index (χ1n) is 8.87. The van der Waals surface area contributed by atoms with Gasteiger partial charge in [0, 0.05) is 38.8 Å². The Morgan fingerprint density at radius 2 is 1.65 bits per heavy atom. The van der Waals surface area contributed by atoms with E-state index in [4.69, 9.17) is 0 Å². The van der Waals surface area contributed by atoms with E-state index in [9.17, 15) is 4.79 Å². The quantitative estimate of drug-likeness (QED) is 0.849. The summed E-state index contributed by atoms with van der Waals surface area (Å²) in [6, 6.07) is 2.05. The lowest BCUT2D eigenvalue weighted by atomic mass is 10.1. The zero-order chi connectivity index (χ0) is 16.1. The van der Waals surface area contributed by atoms with Crippen molar-refractivity contribution in [1.29, 1.82) is 0 Å². The first-order chi connectivity index (χ1) is 11.3. The van der Waals surface area contributed by atoms with Crippen LogP contribution in [0, 0.1) is 0 Å². The lowest BCUT2D eigenvalue weighted by Gasteiger charge is -2.29. The average molecular weight is 317 g/mol. The lowest BCUT2D eigenvalue weighted by molar-refractivity contribution is -0.129. The van der Waals surface area contributed by atoms with Crippen molar-refractivity contribution >= 4 is 17.5 Å². The van der Waals surface area contributed by atoms with Gasteiger partial charge in [0.25, 0.3) is 0 Å². The minimum Gasteiger partial charge on any atom is -0.356 e. The molecule has 0 unspecified atom stereocenters. The Bertz CT molecular complexity index is 529. The van der Waals surface area contributed by atoms with E-state index in [2.05, 4.69) is 26.7 Å². The number of carbonyl (C=O) groups is 1. The lowest BCUT2D eigenvalue weighted by Crippen LogP contribution is -2.37. The van der Waals surface area contributed by atoms with Gasteiger partial charge >= 0.3 is 0 Å². The molecule has 126 valence electrons. The maximum absolute atomic E-state index is 12.4. The van der Waals surface area contributed by atoms with Crippen LogP contribution < -0.4 is 9.80 Å². The van der Waals surface area contributed by atoms with Crippen LogP contribution in [0.2, 0.25) is 0 Å². The molecule has 2 aliphatic heterocycles. The second kappa shape index (κ2) is 7.62. The van der Waals surface area contributed by atoms with Crippen LogP contribution in [0.3, 0.4) is 0 Å². The molecule has 0 aromatic carbocycles. The van der Waals surface area contributed by atoms with Gasteiger partial charge in [-0.05, 0) is 32.1 Å². The maximum atomic E-state index is 12.4. The summed E-state index contributed by atoms with van der Waals surface area (Å²) in [5.74, 6) is 2.09. The van der Waals surface area contributed by atoms with Gasteiger partial charge in [0.15, 0.2) is 0 Å². The molecule has 1 aromatic rings. The molecule has 0 radical (unpaired) electrons. The topological polar surface area (TPSA) is 52.6 Å². The van der Waals surface area contributed by atoms with Gasteiger partial charge < -0.3 is 14.7 Å². The van der Waals surface area contributed by atoms with Gasteiger partial charge in [-0.2, -0.15) is 0 Å². The van der Waals surface area contributed by atoms with Crippen molar-refractivity contribution < 1.29 is 4.79 Å². The summed E-state index contributed by atoms with van der Waals surface area (Å²) in [5.41, 5.74) is 0. The van der Waals surface area contributed by atoms with Crippen LogP contribution in [0.5, 0.6) is 0 Å². The molecular formula is C17H27N5O. The van der Waals surface area contributed by atoms with Gasteiger partial charge in [-0.1, -0.05) is 6.92 Å². The van der Waals surface area contributed by atoms with Crippen molar-refractivity contribution in [3.8, 4) is 0 Å². The standard InChI is InChI=1S/C17H27N5O/c1-2-7-21-10-6-11-22(13-17(21)23)16-12-15(18-14-19-16)20-8-4-3-5-9-20/h12,14H,2-11,13H2,1H3. The van der Waals surface area contributed by atoms with Crippen LogP contribution in [0.25, 0.3) is 0 Å². The highest BCUT2D eigenvalue weighted by molar-refractivity contribution is 5.81. The van der Waals surface area contributed by atoms with Crippen molar-refractivity contribution in [2.24, 2.45) is 0 Å². The first kappa shape index (κ1) is 16.0. The summed E-state index contributed by atoms with van der Waals surface area (Å²) in [6.45, 7) is 7.27. The van der Waals surface area contributed by atoms with Gasteiger partial charge in [-0.15, -0.1) is 0 Å². The Kier molecular flexibility index (Phi) is 5.31. The molecule has 1 aromatic heterocycles. The number of nitrogens with zero attached hydrogens (tertiary/aromatic N) is 5. The summed E-state index contributed by atoms with van der Waals surface area (Å²) in [6.07, 6.45) is 7.41. The third kappa shape index (κ3) is 3.92. The fourth-order valence-corrected chi connectivity index (χ4v) is 3.43. The number of carbonyl (C=O) groups excluding carboxylic acids is 1. The largest absolute Gasteiger partial charge is 0.356 e. The maximum Gasteiger partial charge on any atom is 0.242 e. The van der Waals surface area contributed by atoms with Gasteiger partial charge in [-0.3, -0.25) is 4.79 Å². The molecule has 3 heterocycles. The molecule has 0 spiro atoms. The first-order valence-corrected chi connectivity index (χ1v) is 8.87. The minimum atomic E-state index is 0.211. The van der Waals surface area contributed by atoms with Gasteiger partial charge in [0.05, 0.1) is 6.54 Å². The van der Waals surface area contributed by atoms with Crippen LogP contribution in [0.4, 0.5) is 11.6 Å². The van der Waals surface area contributed by atoms with E-state index in [1.807, 2.05) is 11.0 Å². The Morgan fingerprint density at radius 3 is 2.39 bits per heavy atom. The summed E-state index contributed by atoms with van der Waals surface area (Å²) < 4.78 is 0. The number of aromatic nitrogens is 2. The molecule has 6 heteroatoms. The Morgan fingerprint density at radius 1 is 0.957 bits per heavy atom. The number of piperidine rings is 1. The van der Waals surface area contributed by atoms with Gasteiger partial charge in [-0.25, -0.2) is 9.97 Å². The van der Waals surface area contributed by atoms with Gasteiger partial charge in [0.1, 0.15) is 18.0 Å². The highest BCUT2D eigenvalue weighted by atomic mass is 16.2. The third-order valence-corrected chi connectivity index (χ3v) is 4.67. The van der Waals surface area contributed by atoms with E-state index in [1.54, 1.807) is 6.33 Å². The van der Waals surface area contributed by atoms with E-state index in [-0.39, 0.29) is 5.91 Å². The Balaban J connectivity index is 1.72. The van der Waals surface area contributed by atoms with E-state index >= 15 is 0 Å². The zero-order valence-electron chi connectivity index (χ0n) is 14.1. The van der Waals surface area contributed by atoms with Crippen LogP contribution in [0.1, 0.15) is 39.0 Å². The molecule has 3 rings (SSSR count). The third-order valence-electron chi connectivity index (χ3n) is 4.67. The Labute approximate surface area is 138 Å². The van der Waals surface area contributed by atoms with E-state index in [0.29, 0.717) is 6.54 Å². The monoisotopic (exact) mass is 317 g/mol. The summed E-state index contributed by atoms with van der Waals surface area (Å²) in [5, 5.41) is 0. The molecule has 0 saturated carbocycles. The minimum absolute atomic E-state index is 0.211. The summed E-state index contributed by atoms with van der Waals surface area (Å²) in [7, 11) is 0.